The highest BCUT2D eigenvalue weighted by atomic mass is 79.9. The van der Waals surface area contributed by atoms with E-state index in [9.17, 15) is 0 Å². The van der Waals surface area contributed by atoms with Gasteiger partial charge >= 0.3 is 0 Å². The summed E-state index contributed by atoms with van der Waals surface area (Å²) in [5.74, 6) is 1.16. The van der Waals surface area contributed by atoms with Crippen LogP contribution in [-0.2, 0) is 0 Å². The van der Waals surface area contributed by atoms with E-state index in [4.69, 9.17) is 5.73 Å². The van der Waals surface area contributed by atoms with Crippen molar-refractivity contribution in [2.24, 2.45) is 5.73 Å². The molecule has 14 heavy (non-hydrogen) atoms. The van der Waals surface area contributed by atoms with Crippen LogP contribution in [0.1, 0.15) is 0 Å². The summed E-state index contributed by atoms with van der Waals surface area (Å²) in [4.78, 5) is 3.72. The van der Waals surface area contributed by atoms with Gasteiger partial charge in [-0.15, -0.1) is 11.8 Å². The molecule has 0 amide bonds. The highest BCUT2D eigenvalue weighted by molar-refractivity contribution is 9.10. The van der Waals surface area contributed by atoms with Crippen molar-refractivity contribution in [2.75, 3.05) is 30.3 Å². The van der Waals surface area contributed by atoms with Crippen LogP contribution in [-0.4, -0.2) is 25.4 Å². The van der Waals surface area contributed by atoms with Gasteiger partial charge < -0.3 is 10.6 Å². The molecule has 0 aliphatic carbocycles. The smallest absolute Gasteiger partial charge is 0.0649 e. The topological polar surface area (TPSA) is 29.3 Å². The molecular weight excluding hydrogens is 260 g/mol. The van der Waals surface area contributed by atoms with Gasteiger partial charge in [-0.2, -0.15) is 0 Å². The minimum Gasteiger partial charge on any atom is -0.368 e. The second-order valence-corrected chi connectivity index (χ2v) is 5.20. The average Bonchev–Trinajstić information content (AvgIpc) is 2.19. The van der Waals surface area contributed by atoms with Crippen molar-refractivity contribution in [3.05, 3.63) is 22.7 Å². The molecule has 76 valence electrons. The number of hydrogen-bond donors (Lipinski definition) is 1. The molecule has 1 aliphatic heterocycles. The Labute approximate surface area is 97.0 Å². The number of benzene rings is 1. The Bertz CT molecular complexity index is 330. The molecule has 0 aromatic heterocycles. The Kier molecular flexibility index (Phi) is 3.36. The van der Waals surface area contributed by atoms with E-state index in [0.29, 0.717) is 6.54 Å². The van der Waals surface area contributed by atoms with Gasteiger partial charge in [-0.1, -0.05) is 6.07 Å². The molecule has 4 heteroatoms. The molecule has 1 heterocycles. The number of rotatable bonds is 2. The highest BCUT2D eigenvalue weighted by Gasteiger charge is 2.18. The maximum absolute atomic E-state index is 5.60. The molecule has 0 saturated carbocycles. The average molecular weight is 273 g/mol. The third-order valence-electron chi connectivity index (χ3n) is 2.28. The predicted molar refractivity (Wildman–Crippen MR) is 66.1 cm³/mol. The Morgan fingerprint density at radius 2 is 2.36 bits per heavy atom. The van der Waals surface area contributed by atoms with Gasteiger partial charge in [-0.05, 0) is 28.1 Å². The summed E-state index contributed by atoms with van der Waals surface area (Å²) >= 11 is 5.52. The van der Waals surface area contributed by atoms with Crippen LogP contribution in [0.2, 0.25) is 0 Å². The Morgan fingerprint density at radius 1 is 1.50 bits per heavy atom. The lowest BCUT2D eigenvalue weighted by Crippen LogP contribution is -2.34. The zero-order chi connectivity index (χ0) is 9.97. The van der Waals surface area contributed by atoms with Crippen molar-refractivity contribution in [1.82, 2.24) is 0 Å². The summed E-state index contributed by atoms with van der Waals surface area (Å²) in [6.45, 7) is 2.75. The lowest BCUT2D eigenvalue weighted by molar-refractivity contribution is 0.803. The summed E-state index contributed by atoms with van der Waals surface area (Å²) < 4.78 is 1.18. The molecule has 0 bridgehead atoms. The largest absolute Gasteiger partial charge is 0.368 e. The Morgan fingerprint density at radius 3 is 3.14 bits per heavy atom. The van der Waals surface area contributed by atoms with E-state index in [1.165, 1.54) is 15.1 Å². The van der Waals surface area contributed by atoms with Gasteiger partial charge in [0.05, 0.1) is 5.69 Å². The molecule has 0 radical (unpaired) electrons. The van der Waals surface area contributed by atoms with Crippen LogP contribution in [0.5, 0.6) is 0 Å². The van der Waals surface area contributed by atoms with Gasteiger partial charge in [0.15, 0.2) is 0 Å². The number of para-hydroxylation sites is 1. The normalized spacial score (nSPS) is 15.4. The molecule has 2 rings (SSSR count). The van der Waals surface area contributed by atoms with Crippen LogP contribution < -0.4 is 10.6 Å². The van der Waals surface area contributed by atoms with Crippen molar-refractivity contribution >= 4 is 33.4 Å². The second-order valence-electron chi connectivity index (χ2n) is 3.21. The van der Waals surface area contributed by atoms with E-state index in [1.54, 1.807) is 0 Å². The molecule has 1 aromatic rings. The van der Waals surface area contributed by atoms with E-state index < -0.39 is 0 Å². The fourth-order valence-corrected chi connectivity index (χ4v) is 3.51. The van der Waals surface area contributed by atoms with Crippen LogP contribution >= 0.6 is 27.7 Å². The third-order valence-corrected chi connectivity index (χ3v) is 3.95. The van der Waals surface area contributed by atoms with E-state index in [-0.39, 0.29) is 0 Å². The van der Waals surface area contributed by atoms with Crippen LogP contribution in [0.25, 0.3) is 0 Å². The maximum atomic E-state index is 5.60. The molecule has 1 aromatic carbocycles. The Hall–Kier alpha value is -0.190. The van der Waals surface area contributed by atoms with Crippen LogP contribution in [0, 0.1) is 0 Å². The summed E-state index contributed by atoms with van der Waals surface area (Å²) in [6.07, 6.45) is 0. The lowest BCUT2D eigenvalue weighted by atomic mass is 10.2. The van der Waals surface area contributed by atoms with Crippen molar-refractivity contribution in [3.63, 3.8) is 0 Å². The molecular formula is C10H13BrN2S. The summed E-state index contributed by atoms with van der Waals surface area (Å²) in [7, 11) is 0. The van der Waals surface area contributed by atoms with Gasteiger partial charge in [0, 0.05) is 34.8 Å². The summed E-state index contributed by atoms with van der Waals surface area (Å²) in [5.41, 5.74) is 6.92. The first-order chi connectivity index (χ1) is 6.83. The quantitative estimate of drug-likeness (QED) is 0.896. The molecule has 0 unspecified atom stereocenters. The molecule has 0 fully saturated rings. The van der Waals surface area contributed by atoms with Crippen molar-refractivity contribution in [2.45, 2.75) is 4.90 Å². The number of nitrogens with two attached hydrogens (primary N) is 1. The first kappa shape index (κ1) is 10.3. The summed E-state index contributed by atoms with van der Waals surface area (Å²) in [6, 6.07) is 6.35. The number of nitrogens with zero attached hydrogens (tertiary/aromatic N) is 1. The maximum Gasteiger partial charge on any atom is 0.0649 e. The van der Waals surface area contributed by atoms with Crippen LogP contribution in [0.4, 0.5) is 5.69 Å². The number of thioether (sulfide) groups is 1. The van der Waals surface area contributed by atoms with Gasteiger partial charge in [0.2, 0.25) is 0 Å². The van der Waals surface area contributed by atoms with Gasteiger partial charge in [0.25, 0.3) is 0 Å². The zero-order valence-electron chi connectivity index (χ0n) is 7.87. The first-order valence-electron chi connectivity index (χ1n) is 4.69. The second kappa shape index (κ2) is 4.55. The molecule has 2 N–H and O–H groups in total. The van der Waals surface area contributed by atoms with Gasteiger partial charge in [-0.25, -0.2) is 0 Å². The molecule has 0 spiro atoms. The van der Waals surface area contributed by atoms with E-state index in [2.05, 4.69) is 39.0 Å². The number of halogens is 1. The van der Waals surface area contributed by atoms with Crippen LogP contribution in [0.3, 0.4) is 0 Å². The standard InChI is InChI=1S/C10H13BrN2S/c11-8-2-1-3-9-10(8)13(5-4-12)6-7-14-9/h1-3H,4-7,12H2. The molecule has 2 nitrogen and oxygen atoms in total. The van der Waals surface area contributed by atoms with Crippen molar-refractivity contribution in [3.8, 4) is 0 Å². The highest BCUT2D eigenvalue weighted by Crippen LogP contribution is 2.39. The number of hydrogen-bond acceptors (Lipinski definition) is 3. The minimum absolute atomic E-state index is 0.714. The monoisotopic (exact) mass is 272 g/mol. The zero-order valence-corrected chi connectivity index (χ0v) is 10.3. The Balaban J connectivity index is 2.36. The molecule has 0 atom stereocenters. The van der Waals surface area contributed by atoms with Crippen LogP contribution in [0.15, 0.2) is 27.6 Å². The predicted octanol–water partition coefficient (Wildman–Crippen LogP) is 2.32. The third kappa shape index (κ3) is 1.92. The number of fused-ring (bicyclic) bond motifs is 1. The lowest BCUT2D eigenvalue weighted by Gasteiger charge is -2.31. The number of anilines is 1. The summed E-state index contributed by atoms with van der Waals surface area (Å²) in [5, 5.41) is 0. The van der Waals surface area contributed by atoms with Gasteiger partial charge in [-0.3, -0.25) is 0 Å². The fraction of sp³-hybridized carbons (Fsp3) is 0.400. The van der Waals surface area contributed by atoms with Gasteiger partial charge in [0.1, 0.15) is 0 Å². The van der Waals surface area contributed by atoms with E-state index in [0.717, 1.165) is 18.8 Å². The van der Waals surface area contributed by atoms with Crippen molar-refractivity contribution in [1.29, 1.82) is 0 Å². The molecule has 0 saturated heterocycles. The minimum atomic E-state index is 0.714. The molecule has 1 aliphatic rings. The van der Waals surface area contributed by atoms with E-state index in [1.807, 2.05) is 11.8 Å². The fourth-order valence-electron chi connectivity index (χ4n) is 1.68. The SMILES string of the molecule is NCCN1CCSc2cccc(Br)c21. The van der Waals surface area contributed by atoms with E-state index >= 15 is 0 Å². The van der Waals surface area contributed by atoms with Crippen molar-refractivity contribution < 1.29 is 0 Å². The first-order valence-corrected chi connectivity index (χ1v) is 6.47.